The molecule has 8 rings (SSSR count). The highest BCUT2D eigenvalue weighted by Crippen LogP contribution is 2.42. The minimum Gasteiger partial charge on any atom is -0.0776 e. The summed E-state index contributed by atoms with van der Waals surface area (Å²) < 4.78 is 0. The van der Waals surface area contributed by atoms with Gasteiger partial charge in [0.25, 0.3) is 0 Å². The fourth-order valence-electron chi connectivity index (χ4n) is 7.64. The van der Waals surface area contributed by atoms with E-state index in [2.05, 4.69) is 180 Å². The van der Waals surface area contributed by atoms with Crippen LogP contribution in [0.5, 0.6) is 0 Å². The summed E-state index contributed by atoms with van der Waals surface area (Å²) in [6.07, 6.45) is 21.7. The minimum absolute atomic E-state index is 0. The molecule has 0 aliphatic heterocycles. The summed E-state index contributed by atoms with van der Waals surface area (Å²) in [5.41, 5.74) is 0. The summed E-state index contributed by atoms with van der Waals surface area (Å²) in [4.78, 5) is 0. The lowest BCUT2D eigenvalue weighted by Crippen LogP contribution is -2.12. The Hall–Kier alpha value is -2.60. The van der Waals surface area contributed by atoms with Gasteiger partial charge in [0.05, 0.1) is 0 Å². The molecule has 0 aromatic heterocycles. The predicted molar refractivity (Wildman–Crippen MR) is 269 cm³/mol. The Bertz CT molecular complexity index is 1120. The van der Waals surface area contributed by atoms with Gasteiger partial charge in [-0.2, -0.15) is 0 Å². The van der Waals surface area contributed by atoms with E-state index >= 15 is 0 Å². The Morgan fingerprint density at radius 1 is 0.263 bits per heavy atom. The van der Waals surface area contributed by atoms with E-state index in [0.717, 1.165) is 23.7 Å². The van der Waals surface area contributed by atoms with Gasteiger partial charge in [-0.1, -0.05) is 292 Å². The number of hydrogen-bond donors (Lipinski definition) is 0. The average molecular weight is 785 g/mol. The summed E-state index contributed by atoms with van der Waals surface area (Å²) in [7, 11) is 0. The van der Waals surface area contributed by atoms with Gasteiger partial charge in [-0.25, -0.2) is 0 Å². The number of rotatable bonds is 0. The molecule has 0 heterocycles. The van der Waals surface area contributed by atoms with E-state index in [4.69, 9.17) is 0 Å². The molecular formula is C57H100. The Labute approximate surface area is 359 Å². The van der Waals surface area contributed by atoms with E-state index in [1.165, 1.54) is 83.7 Å². The van der Waals surface area contributed by atoms with Gasteiger partial charge in [-0.05, 0) is 68.9 Å². The van der Waals surface area contributed by atoms with Crippen molar-refractivity contribution in [3.63, 3.8) is 0 Å². The molecule has 4 aliphatic rings. The second kappa shape index (κ2) is 36.5. The maximum absolute atomic E-state index is 2.17. The van der Waals surface area contributed by atoms with Crippen LogP contribution in [0.3, 0.4) is 0 Å². The molecule has 0 amide bonds. The Balaban J connectivity index is -0.000000600. The molecule has 0 N–H and O–H groups in total. The lowest BCUT2D eigenvalue weighted by atomic mass is 9.82. The first kappa shape index (κ1) is 58.7. The van der Waals surface area contributed by atoms with Gasteiger partial charge in [0.1, 0.15) is 0 Å². The Kier molecular flexibility index (Phi) is 37.6. The van der Waals surface area contributed by atoms with E-state index in [1.54, 1.807) is 51.4 Å². The quantitative estimate of drug-likeness (QED) is 0.167. The topological polar surface area (TPSA) is 0 Å². The lowest BCUT2D eigenvalue weighted by molar-refractivity contribution is 0.277. The van der Waals surface area contributed by atoms with Crippen molar-refractivity contribution in [2.45, 2.75) is 195 Å². The molecule has 328 valence electrons. The monoisotopic (exact) mass is 785 g/mol. The molecule has 57 heavy (non-hydrogen) atoms. The molecule has 4 atom stereocenters. The van der Waals surface area contributed by atoms with Crippen LogP contribution in [-0.2, 0) is 0 Å². The maximum Gasteiger partial charge on any atom is -0.0184 e. The normalized spacial score (nSPS) is 19.5. The van der Waals surface area contributed by atoms with Crippen molar-refractivity contribution in [2.75, 3.05) is 0 Å². The summed E-state index contributed by atoms with van der Waals surface area (Å²) in [6.45, 7) is 26.0. The van der Waals surface area contributed by atoms with Crippen LogP contribution >= 0.6 is 0 Å². The molecule has 4 aliphatic carbocycles. The zero-order chi connectivity index (χ0) is 40.1. The molecule has 0 bridgehead atoms. The number of fused-ring (bicyclic) bond motifs is 4. The van der Waals surface area contributed by atoms with Gasteiger partial charge in [0.2, 0.25) is 0 Å². The molecular weight excluding hydrogens is 685 g/mol. The van der Waals surface area contributed by atoms with Crippen molar-refractivity contribution < 1.29 is 0 Å². The zero-order valence-corrected chi connectivity index (χ0v) is 37.8. The van der Waals surface area contributed by atoms with Crippen molar-refractivity contribution in [1.82, 2.24) is 0 Å². The summed E-state index contributed by atoms with van der Waals surface area (Å²) in [6, 6.07) is 33.4. The SMILES string of the molecule is C.C.C.C1CCC2CCCC2C1.C1CCC2CCCC2C1.CC(C)C.CC(C)C.CC(C)C.CC(C)C.c1ccc2ccccc2c1.c1ccc2ccccc2c1. The van der Waals surface area contributed by atoms with Crippen molar-refractivity contribution >= 4 is 21.5 Å². The minimum atomic E-state index is 0. The molecule has 0 radical (unpaired) electrons. The molecule has 4 unspecified atom stereocenters. The molecule has 0 saturated heterocycles. The van der Waals surface area contributed by atoms with Gasteiger partial charge in [0, 0.05) is 0 Å². The van der Waals surface area contributed by atoms with Crippen molar-refractivity contribution in [1.29, 1.82) is 0 Å². The fraction of sp³-hybridized carbons (Fsp3) is 0.649. The standard InChI is InChI=1S/2C10H8.2C9H16.4C4H10.3CH4/c2*1-2-6-10-8-4-3-7-9(10)5-1;2*1-2-5-9-7-3-6-8(9)4-1;4*1-4(2)3;;;/h2*1-8H;2*8-9H,1-7H2;4*4H,1-3H3;3*1H4. The highest BCUT2D eigenvalue weighted by atomic mass is 14.3. The molecule has 4 fully saturated rings. The summed E-state index contributed by atoms with van der Waals surface area (Å²) in [5.74, 6) is 8.00. The predicted octanol–water partition coefficient (Wildman–Crippen LogP) is 20.2. The van der Waals surface area contributed by atoms with Crippen molar-refractivity contribution in [3.05, 3.63) is 97.1 Å². The molecule has 4 saturated carbocycles. The van der Waals surface area contributed by atoms with Crippen LogP contribution in [0.15, 0.2) is 97.1 Å². The largest absolute Gasteiger partial charge is 0.0776 e. The number of benzene rings is 4. The van der Waals surface area contributed by atoms with E-state index in [9.17, 15) is 0 Å². The molecule has 0 nitrogen and oxygen atoms in total. The first-order chi connectivity index (χ1) is 25.8. The summed E-state index contributed by atoms with van der Waals surface area (Å²) in [5, 5.41) is 5.24. The van der Waals surface area contributed by atoms with Crippen LogP contribution < -0.4 is 0 Å². The first-order valence-electron chi connectivity index (χ1n) is 22.7. The Morgan fingerprint density at radius 3 is 0.526 bits per heavy atom. The Morgan fingerprint density at radius 2 is 0.386 bits per heavy atom. The average Bonchev–Trinajstić information content (AvgIpc) is 3.82. The van der Waals surface area contributed by atoms with Crippen LogP contribution in [0.1, 0.15) is 195 Å². The maximum atomic E-state index is 2.17. The van der Waals surface area contributed by atoms with Gasteiger partial charge in [0.15, 0.2) is 0 Å². The molecule has 0 heteroatoms. The van der Waals surface area contributed by atoms with Crippen LogP contribution in [-0.4, -0.2) is 0 Å². The second-order valence-electron chi connectivity index (χ2n) is 19.1. The third-order valence-electron chi connectivity index (χ3n) is 9.75. The smallest absolute Gasteiger partial charge is 0.0184 e. The third-order valence-corrected chi connectivity index (χ3v) is 9.75. The van der Waals surface area contributed by atoms with E-state index < -0.39 is 0 Å². The molecule has 4 aromatic carbocycles. The van der Waals surface area contributed by atoms with Crippen LogP contribution in [0.25, 0.3) is 21.5 Å². The van der Waals surface area contributed by atoms with E-state index in [1.807, 2.05) is 0 Å². The van der Waals surface area contributed by atoms with Gasteiger partial charge < -0.3 is 0 Å². The first-order valence-corrected chi connectivity index (χ1v) is 22.7. The van der Waals surface area contributed by atoms with E-state index in [-0.39, 0.29) is 22.3 Å². The van der Waals surface area contributed by atoms with Crippen LogP contribution in [0.2, 0.25) is 0 Å². The molecule has 4 aromatic rings. The van der Waals surface area contributed by atoms with Gasteiger partial charge >= 0.3 is 0 Å². The highest BCUT2D eigenvalue weighted by molar-refractivity contribution is 5.82. The van der Waals surface area contributed by atoms with Crippen LogP contribution in [0.4, 0.5) is 0 Å². The second-order valence-corrected chi connectivity index (χ2v) is 19.1. The van der Waals surface area contributed by atoms with E-state index in [0.29, 0.717) is 0 Å². The molecule has 0 spiro atoms. The lowest BCUT2D eigenvalue weighted by Gasteiger charge is -2.24. The zero-order valence-electron chi connectivity index (χ0n) is 37.8. The van der Waals surface area contributed by atoms with Crippen molar-refractivity contribution in [3.8, 4) is 0 Å². The van der Waals surface area contributed by atoms with Crippen LogP contribution in [0, 0.1) is 47.3 Å². The van der Waals surface area contributed by atoms with Gasteiger partial charge in [-0.3, -0.25) is 0 Å². The summed E-state index contributed by atoms with van der Waals surface area (Å²) >= 11 is 0. The third kappa shape index (κ3) is 31.1. The van der Waals surface area contributed by atoms with Crippen molar-refractivity contribution in [2.24, 2.45) is 47.3 Å². The number of hydrogen-bond acceptors (Lipinski definition) is 0. The highest BCUT2D eigenvalue weighted by Gasteiger charge is 2.29. The van der Waals surface area contributed by atoms with Gasteiger partial charge in [-0.15, -0.1) is 0 Å². The fourth-order valence-corrected chi connectivity index (χ4v) is 7.64.